The van der Waals surface area contributed by atoms with Gasteiger partial charge in [0.1, 0.15) is 5.75 Å². The number of carboxylic acids is 1. The number of halogens is 1. The number of carboxylic acid groups (broad SMARTS) is 1. The third kappa shape index (κ3) is 2.17. The van der Waals surface area contributed by atoms with Gasteiger partial charge in [0.2, 0.25) is 0 Å². The van der Waals surface area contributed by atoms with Gasteiger partial charge in [-0.1, -0.05) is 15.9 Å². The maximum atomic E-state index is 10.8. The molecule has 0 aliphatic rings. The lowest BCUT2D eigenvalue weighted by molar-refractivity contribution is 0.0697. The molecule has 0 spiro atoms. The van der Waals surface area contributed by atoms with Gasteiger partial charge in [-0.2, -0.15) is 0 Å². The SMILES string of the molecule is CCOc1cc(Br)cc(C(=O)O)c1N. The number of rotatable bonds is 3. The maximum Gasteiger partial charge on any atom is 0.337 e. The van der Waals surface area contributed by atoms with E-state index in [2.05, 4.69) is 15.9 Å². The van der Waals surface area contributed by atoms with E-state index in [-0.39, 0.29) is 11.3 Å². The van der Waals surface area contributed by atoms with E-state index in [0.717, 1.165) is 0 Å². The first-order valence-electron chi connectivity index (χ1n) is 4.01. The van der Waals surface area contributed by atoms with E-state index in [4.69, 9.17) is 15.6 Å². The molecule has 0 radical (unpaired) electrons. The van der Waals surface area contributed by atoms with E-state index >= 15 is 0 Å². The van der Waals surface area contributed by atoms with Crippen LogP contribution in [0.2, 0.25) is 0 Å². The van der Waals surface area contributed by atoms with Crippen LogP contribution in [0.4, 0.5) is 5.69 Å². The number of carbonyl (C=O) groups is 1. The van der Waals surface area contributed by atoms with Crippen molar-refractivity contribution in [3.63, 3.8) is 0 Å². The van der Waals surface area contributed by atoms with Crippen molar-refractivity contribution in [2.45, 2.75) is 6.92 Å². The molecular weight excluding hydrogens is 250 g/mol. The Kier molecular flexibility index (Phi) is 3.35. The first kappa shape index (κ1) is 10.8. The summed E-state index contributed by atoms with van der Waals surface area (Å²) in [5.74, 6) is -0.677. The second-order valence-corrected chi connectivity index (χ2v) is 3.52. The molecule has 0 heterocycles. The van der Waals surface area contributed by atoms with Crippen molar-refractivity contribution in [1.29, 1.82) is 0 Å². The molecule has 0 unspecified atom stereocenters. The molecule has 4 nitrogen and oxygen atoms in total. The van der Waals surface area contributed by atoms with Gasteiger partial charge in [-0.3, -0.25) is 0 Å². The van der Waals surface area contributed by atoms with Gasteiger partial charge in [-0.25, -0.2) is 4.79 Å². The topological polar surface area (TPSA) is 72.5 Å². The Balaban J connectivity index is 3.24. The number of nitrogens with two attached hydrogens (primary N) is 1. The zero-order valence-electron chi connectivity index (χ0n) is 7.58. The van der Waals surface area contributed by atoms with Gasteiger partial charge in [0.25, 0.3) is 0 Å². The summed E-state index contributed by atoms with van der Waals surface area (Å²) < 4.78 is 5.82. The highest BCUT2D eigenvalue weighted by atomic mass is 79.9. The highest BCUT2D eigenvalue weighted by Crippen LogP contribution is 2.30. The van der Waals surface area contributed by atoms with Gasteiger partial charge >= 0.3 is 5.97 Å². The van der Waals surface area contributed by atoms with Crippen LogP contribution in [-0.2, 0) is 0 Å². The smallest absolute Gasteiger partial charge is 0.337 e. The fraction of sp³-hybridized carbons (Fsp3) is 0.222. The van der Waals surface area contributed by atoms with Crippen molar-refractivity contribution in [2.24, 2.45) is 0 Å². The van der Waals surface area contributed by atoms with Crippen LogP contribution in [0.15, 0.2) is 16.6 Å². The second kappa shape index (κ2) is 4.32. The van der Waals surface area contributed by atoms with Gasteiger partial charge in [0, 0.05) is 4.47 Å². The quantitative estimate of drug-likeness (QED) is 0.816. The fourth-order valence-electron chi connectivity index (χ4n) is 1.04. The number of ether oxygens (including phenoxy) is 1. The van der Waals surface area contributed by atoms with E-state index in [0.29, 0.717) is 16.8 Å². The highest BCUT2D eigenvalue weighted by Gasteiger charge is 2.13. The lowest BCUT2D eigenvalue weighted by Crippen LogP contribution is -2.05. The Hall–Kier alpha value is -1.23. The van der Waals surface area contributed by atoms with Crippen LogP contribution in [0.5, 0.6) is 5.75 Å². The van der Waals surface area contributed by atoms with Crippen molar-refractivity contribution in [3.05, 3.63) is 22.2 Å². The molecule has 0 saturated heterocycles. The normalized spacial score (nSPS) is 9.86. The zero-order valence-corrected chi connectivity index (χ0v) is 9.17. The summed E-state index contributed by atoms with van der Waals surface area (Å²) in [6.45, 7) is 2.25. The summed E-state index contributed by atoms with van der Waals surface area (Å²) in [5, 5.41) is 8.83. The first-order valence-corrected chi connectivity index (χ1v) is 4.80. The summed E-state index contributed by atoms with van der Waals surface area (Å²) in [6.07, 6.45) is 0. The molecular formula is C9H10BrNO3. The van der Waals surface area contributed by atoms with Gasteiger partial charge in [0.05, 0.1) is 17.9 Å². The average molecular weight is 260 g/mol. The number of anilines is 1. The van der Waals surface area contributed by atoms with Crippen LogP contribution < -0.4 is 10.5 Å². The Morgan fingerprint density at radius 1 is 1.64 bits per heavy atom. The highest BCUT2D eigenvalue weighted by molar-refractivity contribution is 9.10. The van der Waals surface area contributed by atoms with E-state index in [1.165, 1.54) is 6.07 Å². The molecule has 76 valence electrons. The lowest BCUT2D eigenvalue weighted by atomic mass is 10.1. The number of nitrogen functional groups attached to an aromatic ring is 1. The molecule has 0 saturated carbocycles. The fourth-order valence-corrected chi connectivity index (χ4v) is 1.48. The van der Waals surface area contributed by atoms with Crippen LogP contribution in [-0.4, -0.2) is 17.7 Å². The molecule has 0 amide bonds. The minimum atomic E-state index is -1.07. The lowest BCUT2D eigenvalue weighted by Gasteiger charge is -2.09. The van der Waals surface area contributed by atoms with Crippen molar-refractivity contribution in [1.82, 2.24) is 0 Å². The second-order valence-electron chi connectivity index (χ2n) is 2.60. The molecule has 1 rings (SSSR count). The van der Waals surface area contributed by atoms with E-state index in [1.807, 2.05) is 0 Å². The predicted molar refractivity (Wildman–Crippen MR) is 56.7 cm³/mol. The van der Waals surface area contributed by atoms with Crippen molar-refractivity contribution >= 4 is 27.6 Å². The number of aromatic carboxylic acids is 1. The molecule has 0 aliphatic heterocycles. The monoisotopic (exact) mass is 259 g/mol. The van der Waals surface area contributed by atoms with Crippen molar-refractivity contribution in [2.75, 3.05) is 12.3 Å². The molecule has 1 aromatic rings. The van der Waals surface area contributed by atoms with Crippen molar-refractivity contribution in [3.8, 4) is 5.75 Å². The molecule has 0 atom stereocenters. The molecule has 0 aliphatic carbocycles. The van der Waals surface area contributed by atoms with Gasteiger partial charge < -0.3 is 15.6 Å². The number of hydrogen-bond acceptors (Lipinski definition) is 3. The van der Waals surface area contributed by atoms with Crippen LogP contribution in [0.25, 0.3) is 0 Å². The summed E-state index contributed by atoms with van der Waals surface area (Å²) in [4.78, 5) is 10.8. The van der Waals surface area contributed by atoms with Crippen LogP contribution in [0, 0.1) is 0 Å². The number of hydrogen-bond donors (Lipinski definition) is 2. The third-order valence-electron chi connectivity index (χ3n) is 1.64. The average Bonchev–Trinajstić information content (AvgIpc) is 2.10. The third-order valence-corrected chi connectivity index (χ3v) is 2.09. The van der Waals surface area contributed by atoms with E-state index in [1.54, 1.807) is 13.0 Å². The Labute approximate surface area is 89.8 Å². The van der Waals surface area contributed by atoms with E-state index < -0.39 is 5.97 Å². The minimum Gasteiger partial charge on any atom is -0.492 e. The zero-order chi connectivity index (χ0) is 10.7. The molecule has 1 aromatic carbocycles. The van der Waals surface area contributed by atoms with Crippen molar-refractivity contribution < 1.29 is 14.6 Å². The molecule has 14 heavy (non-hydrogen) atoms. The summed E-state index contributed by atoms with van der Waals surface area (Å²) in [6, 6.07) is 3.09. The maximum absolute atomic E-state index is 10.8. The van der Waals surface area contributed by atoms with Gasteiger partial charge in [0.15, 0.2) is 0 Å². The molecule has 0 bridgehead atoms. The summed E-state index contributed by atoms with van der Waals surface area (Å²) >= 11 is 3.19. The molecule has 5 heteroatoms. The number of benzene rings is 1. The largest absolute Gasteiger partial charge is 0.492 e. The predicted octanol–water partition coefficient (Wildman–Crippen LogP) is 2.13. The van der Waals surface area contributed by atoms with Crippen LogP contribution in [0.3, 0.4) is 0 Å². The molecule has 0 fully saturated rings. The Bertz CT molecular complexity index is 365. The van der Waals surface area contributed by atoms with Gasteiger partial charge in [-0.15, -0.1) is 0 Å². The van der Waals surface area contributed by atoms with Crippen LogP contribution >= 0.6 is 15.9 Å². The molecule has 0 aromatic heterocycles. The van der Waals surface area contributed by atoms with Gasteiger partial charge in [-0.05, 0) is 19.1 Å². The molecule has 3 N–H and O–H groups in total. The summed E-state index contributed by atoms with van der Waals surface area (Å²) in [7, 11) is 0. The Morgan fingerprint density at radius 3 is 2.79 bits per heavy atom. The minimum absolute atomic E-state index is 0.0443. The Morgan fingerprint density at radius 2 is 2.29 bits per heavy atom. The standard InChI is InChI=1S/C9H10BrNO3/c1-2-14-7-4-5(10)3-6(8(7)11)9(12)13/h3-4H,2,11H2,1H3,(H,12,13). The van der Waals surface area contributed by atoms with Crippen LogP contribution in [0.1, 0.15) is 17.3 Å². The van der Waals surface area contributed by atoms with E-state index in [9.17, 15) is 4.79 Å². The first-order chi connectivity index (χ1) is 6.56. The summed E-state index contributed by atoms with van der Waals surface area (Å²) in [5.41, 5.74) is 5.81.